The fourth-order valence-corrected chi connectivity index (χ4v) is 2.58. The van der Waals surface area contributed by atoms with Gasteiger partial charge in [-0.2, -0.15) is 0 Å². The van der Waals surface area contributed by atoms with Crippen LogP contribution in [0.3, 0.4) is 0 Å². The van der Waals surface area contributed by atoms with E-state index in [2.05, 4.69) is 10.3 Å². The normalized spacial score (nSPS) is 10.5. The zero-order valence-corrected chi connectivity index (χ0v) is 12.3. The van der Waals surface area contributed by atoms with Crippen molar-refractivity contribution in [2.75, 3.05) is 17.6 Å². The summed E-state index contributed by atoms with van der Waals surface area (Å²) in [4.78, 5) is 15.5. The molecule has 0 aliphatic heterocycles. The molecule has 0 atom stereocenters. The van der Waals surface area contributed by atoms with E-state index < -0.39 is 5.97 Å². The Morgan fingerprint density at radius 3 is 2.80 bits per heavy atom. The summed E-state index contributed by atoms with van der Waals surface area (Å²) in [7, 11) is 0. The zero-order valence-electron chi connectivity index (χ0n) is 11.4. The maximum atomic E-state index is 11.1. The van der Waals surface area contributed by atoms with Crippen molar-refractivity contribution in [2.24, 2.45) is 0 Å². The summed E-state index contributed by atoms with van der Waals surface area (Å²) in [6, 6.07) is 3.42. The molecule has 0 amide bonds. The van der Waals surface area contributed by atoms with Crippen LogP contribution < -0.4 is 11.1 Å². The molecule has 0 aliphatic carbocycles. The Bertz CT molecular complexity index is 637. The van der Waals surface area contributed by atoms with Gasteiger partial charge in [0.05, 0.1) is 16.3 Å². The first-order chi connectivity index (χ1) is 9.47. The van der Waals surface area contributed by atoms with Crippen LogP contribution in [0.4, 0.5) is 11.4 Å². The smallest absolute Gasteiger partial charge is 0.337 e. The number of hydrogen-bond acceptors (Lipinski definition) is 5. The summed E-state index contributed by atoms with van der Waals surface area (Å²) in [6.45, 7) is 4.48. The molecule has 0 bridgehead atoms. The number of nitrogen functional groups attached to an aromatic ring is 1. The van der Waals surface area contributed by atoms with Gasteiger partial charge in [0.15, 0.2) is 0 Å². The minimum atomic E-state index is -1.01. The number of anilines is 2. The van der Waals surface area contributed by atoms with E-state index in [0.29, 0.717) is 12.2 Å². The van der Waals surface area contributed by atoms with Gasteiger partial charge in [0.2, 0.25) is 0 Å². The summed E-state index contributed by atoms with van der Waals surface area (Å²) >= 11 is 1.63. The Kier molecular flexibility index (Phi) is 4.24. The van der Waals surface area contributed by atoms with Gasteiger partial charge < -0.3 is 16.2 Å². The van der Waals surface area contributed by atoms with E-state index in [1.807, 2.05) is 18.4 Å². The first-order valence-electron chi connectivity index (χ1n) is 6.25. The van der Waals surface area contributed by atoms with Gasteiger partial charge >= 0.3 is 5.97 Å². The van der Waals surface area contributed by atoms with Crippen LogP contribution in [-0.2, 0) is 6.42 Å². The molecule has 0 saturated carbocycles. The van der Waals surface area contributed by atoms with E-state index in [9.17, 15) is 4.79 Å². The number of nitrogens with one attached hydrogen (secondary N) is 1. The molecular formula is C14H17N3O2S. The van der Waals surface area contributed by atoms with Crippen molar-refractivity contribution in [3.8, 4) is 0 Å². The van der Waals surface area contributed by atoms with Crippen molar-refractivity contribution in [1.29, 1.82) is 0 Å². The van der Waals surface area contributed by atoms with Gasteiger partial charge in [-0.1, -0.05) is 0 Å². The number of nitrogens with two attached hydrogens (primary N) is 1. The summed E-state index contributed by atoms with van der Waals surface area (Å²) in [5, 5.41) is 15.4. The number of hydrogen-bond donors (Lipinski definition) is 3. The van der Waals surface area contributed by atoms with Gasteiger partial charge in [0, 0.05) is 29.7 Å². The molecule has 6 heteroatoms. The molecule has 0 saturated heterocycles. The first-order valence-corrected chi connectivity index (χ1v) is 7.13. The fraction of sp³-hybridized carbons (Fsp3) is 0.286. The second-order valence-electron chi connectivity index (χ2n) is 4.59. The van der Waals surface area contributed by atoms with Crippen molar-refractivity contribution in [2.45, 2.75) is 20.3 Å². The summed E-state index contributed by atoms with van der Waals surface area (Å²) in [6.07, 6.45) is 0.802. The molecule has 0 aliphatic rings. The Hall–Kier alpha value is -2.08. The maximum Gasteiger partial charge on any atom is 0.337 e. The van der Waals surface area contributed by atoms with Crippen LogP contribution >= 0.6 is 11.3 Å². The highest BCUT2D eigenvalue weighted by atomic mass is 32.1. The third-order valence-corrected chi connectivity index (χ3v) is 3.82. The lowest BCUT2D eigenvalue weighted by atomic mass is 10.1. The predicted molar refractivity (Wildman–Crippen MR) is 81.6 cm³/mol. The summed E-state index contributed by atoms with van der Waals surface area (Å²) in [5.74, 6) is -1.01. The van der Waals surface area contributed by atoms with Gasteiger partial charge in [-0.15, -0.1) is 11.3 Å². The van der Waals surface area contributed by atoms with Crippen molar-refractivity contribution >= 4 is 28.7 Å². The van der Waals surface area contributed by atoms with Crippen LogP contribution in [0.2, 0.25) is 0 Å². The van der Waals surface area contributed by atoms with Gasteiger partial charge in [-0.3, -0.25) is 0 Å². The van der Waals surface area contributed by atoms with Crippen LogP contribution in [0, 0.1) is 13.8 Å². The number of rotatable bonds is 5. The van der Waals surface area contributed by atoms with Gasteiger partial charge in [0.25, 0.3) is 0 Å². The van der Waals surface area contributed by atoms with E-state index in [-0.39, 0.29) is 5.56 Å². The number of carbonyl (C=O) groups is 1. The van der Waals surface area contributed by atoms with E-state index in [0.717, 1.165) is 28.4 Å². The number of benzene rings is 1. The second-order valence-corrected chi connectivity index (χ2v) is 5.66. The van der Waals surface area contributed by atoms with Crippen molar-refractivity contribution in [3.63, 3.8) is 0 Å². The minimum absolute atomic E-state index is 0.136. The largest absolute Gasteiger partial charge is 0.478 e. The summed E-state index contributed by atoms with van der Waals surface area (Å²) in [5.41, 5.74) is 8.78. The molecule has 4 N–H and O–H groups in total. The van der Waals surface area contributed by atoms with Gasteiger partial charge in [0.1, 0.15) is 0 Å². The number of aromatic carboxylic acids is 1. The molecule has 1 aromatic heterocycles. The molecule has 2 aromatic rings. The molecule has 0 fully saturated rings. The third-order valence-electron chi connectivity index (χ3n) is 2.99. The molecule has 106 valence electrons. The quantitative estimate of drug-likeness (QED) is 0.737. The lowest BCUT2D eigenvalue weighted by molar-refractivity contribution is 0.0698. The van der Waals surface area contributed by atoms with Crippen molar-refractivity contribution in [1.82, 2.24) is 4.98 Å². The monoisotopic (exact) mass is 291 g/mol. The molecule has 0 radical (unpaired) electrons. The van der Waals surface area contributed by atoms with Crippen molar-refractivity contribution < 1.29 is 9.90 Å². The maximum absolute atomic E-state index is 11.1. The van der Waals surface area contributed by atoms with Crippen LogP contribution in [0.15, 0.2) is 17.5 Å². The second kappa shape index (κ2) is 5.92. The first kappa shape index (κ1) is 14.3. The van der Waals surface area contributed by atoms with Crippen LogP contribution in [0.25, 0.3) is 0 Å². The molecule has 2 rings (SSSR count). The lowest BCUT2D eigenvalue weighted by Gasteiger charge is -2.10. The Morgan fingerprint density at radius 2 is 2.20 bits per heavy atom. The Labute approximate surface area is 121 Å². The molecule has 1 aromatic carbocycles. The average molecular weight is 291 g/mol. The topological polar surface area (TPSA) is 88.2 Å². The number of thiazole rings is 1. The lowest BCUT2D eigenvalue weighted by Crippen LogP contribution is -2.09. The molecule has 0 spiro atoms. The van der Waals surface area contributed by atoms with Gasteiger partial charge in [-0.05, 0) is 31.5 Å². The standard InChI is InChI=1S/C14H17N3O2S/c1-8-5-11(6-12(13(8)15)14(18)19)16-4-3-10-7-20-9(2)17-10/h5-7,16H,3-4,15H2,1-2H3,(H,18,19). The van der Waals surface area contributed by atoms with E-state index in [1.54, 1.807) is 24.3 Å². The number of nitrogens with zero attached hydrogens (tertiary/aromatic N) is 1. The highest BCUT2D eigenvalue weighted by Gasteiger charge is 2.11. The minimum Gasteiger partial charge on any atom is -0.478 e. The molecule has 5 nitrogen and oxygen atoms in total. The zero-order chi connectivity index (χ0) is 14.7. The van der Waals surface area contributed by atoms with E-state index >= 15 is 0 Å². The average Bonchev–Trinajstić information content (AvgIpc) is 2.79. The number of aryl methyl sites for hydroxylation is 2. The third kappa shape index (κ3) is 3.27. The molecular weight excluding hydrogens is 274 g/mol. The molecule has 0 unspecified atom stereocenters. The highest BCUT2D eigenvalue weighted by Crippen LogP contribution is 2.22. The summed E-state index contributed by atoms with van der Waals surface area (Å²) < 4.78 is 0. The fourth-order valence-electron chi connectivity index (χ4n) is 1.94. The van der Waals surface area contributed by atoms with E-state index in [1.165, 1.54) is 0 Å². The number of aromatic nitrogens is 1. The number of carboxylic acid groups (broad SMARTS) is 1. The molecule has 1 heterocycles. The highest BCUT2D eigenvalue weighted by molar-refractivity contribution is 7.09. The SMILES string of the molecule is Cc1nc(CCNc2cc(C)c(N)c(C(=O)O)c2)cs1. The number of carboxylic acids is 1. The van der Waals surface area contributed by atoms with Crippen LogP contribution in [0.5, 0.6) is 0 Å². The Morgan fingerprint density at radius 1 is 1.45 bits per heavy atom. The van der Waals surface area contributed by atoms with Crippen LogP contribution in [-0.4, -0.2) is 22.6 Å². The predicted octanol–water partition coefficient (Wildman–Crippen LogP) is 2.69. The molecule has 20 heavy (non-hydrogen) atoms. The Balaban J connectivity index is 2.04. The van der Waals surface area contributed by atoms with Gasteiger partial charge in [-0.25, -0.2) is 9.78 Å². The van der Waals surface area contributed by atoms with Crippen LogP contribution in [0.1, 0.15) is 26.6 Å². The van der Waals surface area contributed by atoms with Crippen molar-refractivity contribution in [3.05, 3.63) is 39.3 Å². The van der Waals surface area contributed by atoms with E-state index in [4.69, 9.17) is 10.8 Å².